The highest BCUT2D eigenvalue weighted by atomic mass is 19.4. The van der Waals surface area contributed by atoms with Crippen molar-refractivity contribution in [3.05, 3.63) is 23.8 Å². The van der Waals surface area contributed by atoms with Crippen molar-refractivity contribution in [3.8, 4) is 0 Å². The zero-order valence-corrected chi connectivity index (χ0v) is 7.17. The Labute approximate surface area is 78.4 Å². The summed E-state index contributed by atoms with van der Waals surface area (Å²) in [4.78, 5) is 7.39. The maximum absolute atomic E-state index is 12.1. The van der Waals surface area contributed by atoms with Crippen LogP contribution in [0.2, 0.25) is 0 Å². The molecule has 1 aromatic heterocycles. The Morgan fingerprint density at radius 1 is 1.21 bits per heavy atom. The van der Waals surface area contributed by atoms with E-state index in [1.165, 1.54) is 0 Å². The van der Waals surface area contributed by atoms with E-state index in [-0.39, 0.29) is 5.92 Å². The highest BCUT2D eigenvalue weighted by molar-refractivity contribution is 5.12. The Morgan fingerprint density at radius 3 is 2.14 bits per heavy atom. The second-order valence-corrected chi connectivity index (χ2v) is 3.18. The standard InChI is InChI=1S/C8H8F3N3/c9-8(10,11)6-3-13-7(14-4-6)5-1-12-2-5/h3-5,12H,1-2H2. The lowest BCUT2D eigenvalue weighted by Crippen LogP contribution is -2.40. The first-order valence-corrected chi connectivity index (χ1v) is 4.17. The number of hydrogen-bond acceptors (Lipinski definition) is 3. The molecule has 0 bridgehead atoms. The van der Waals surface area contributed by atoms with Gasteiger partial charge in [0.15, 0.2) is 0 Å². The molecule has 1 fully saturated rings. The molecule has 0 aliphatic carbocycles. The van der Waals surface area contributed by atoms with Gasteiger partial charge in [-0.3, -0.25) is 0 Å². The zero-order valence-electron chi connectivity index (χ0n) is 7.17. The van der Waals surface area contributed by atoms with Gasteiger partial charge in [-0.2, -0.15) is 13.2 Å². The molecule has 0 saturated carbocycles. The molecule has 14 heavy (non-hydrogen) atoms. The van der Waals surface area contributed by atoms with Crippen LogP contribution in [0.15, 0.2) is 12.4 Å². The molecule has 0 unspecified atom stereocenters. The molecule has 1 aromatic rings. The van der Waals surface area contributed by atoms with E-state index < -0.39 is 11.7 Å². The van der Waals surface area contributed by atoms with E-state index in [4.69, 9.17) is 0 Å². The minimum Gasteiger partial charge on any atom is -0.315 e. The molecule has 1 N–H and O–H groups in total. The predicted octanol–water partition coefficient (Wildman–Crippen LogP) is 1.18. The molecule has 1 saturated heterocycles. The average Bonchev–Trinajstić information content (AvgIpc) is 2.00. The molecular formula is C8H8F3N3. The van der Waals surface area contributed by atoms with Gasteiger partial charge >= 0.3 is 6.18 Å². The predicted molar refractivity (Wildman–Crippen MR) is 42.6 cm³/mol. The SMILES string of the molecule is FC(F)(F)c1cnc(C2CNC2)nc1. The van der Waals surface area contributed by atoms with Crippen LogP contribution in [-0.4, -0.2) is 23.1 Å². The first-order valence-electron chi connectivity index (χ1n) is 4.17. The van der Waals surface area contributed by atoms with Gasteiger partial charge < -0.3 is 5.32 Å². The summed E-state index contributed by atoms with van der Waals surface area (Å²) in [6.45, 7) is 1.48. The number of hydrogen-bond donors (Lipinski definition) is 1. The molecule has 2 rings (SSSR count). The lowest BCUT2D eigenvalue weighted by Gasteiger charge is -2.25. The first kappa shape index (κ1) is 9.39. The summed E-state index contributed by atoms with van der Waals surface area (Å²) >= 11 is 0. The number of halogens is 3. The molecule has 2 heterocycles. The molecule has 1 aliphatic heterocycles. The van der Waals surface area contributed by atoms with Crippen LogP contribution in [0.5, 0.6) is 0 Å². The minimum absolute atomic E-state index is 0.164. The van der Waals surface area contributed by atoms with E-state index >= 15 is 0 Å². The van der Waals surface area contributed by atoms with Crippen LogP contribution in [0, 0.1) is 0 Å². The van der Waals surface area contributed by atoms with Crippen molar-refractivity contribution in [2.75, 3.05) is 13.1 Å². The van der Waals surface area contributed by atoms with E-state index in [0.29, 0.717) is 5.82 Å². The molecule has 3 nitrogen and oxygen atoms in total. The van der Waals surface area contributed by atoms with Crippen molar-refractivity contribution in [2.24, 2.45) is 0 Å². The van der Waals surface area contributed by atoms with Crippen LogP contribution in [0.3, 0.4) is 0 Å². The Balaban J connectivity index is 2.17. The fraction of sp³-hybridized carbons (Fsp3) is 0.500. The van der Waals surface area contributed by atoms with Gasteiger partial charge in [0.2, 0.25) is 0 Å². The van der Waals surface area contributed by atoms with Crippen molar-refractivity contribution in [1.82, 2.24) is 15.3 Å². The molecule has 1 aliphatic rings. The van der Waals surface area contributed by atoms with Gasteiger partial charge in [0.25, 0.3) is 0 Å². The fourth-order valence-corrected chi connectivity index (χ4v) is 1.17. The Hall–Kier alpha value is -1.17. The molecule has 0 radical (unpaired) electrons. The normalized spacial score (nSPS) is 17.9. The van der Waals surface area contributed by atoms with Crippen LogP contribution in [-0.2, 0) is 6.18 Å². The lowest BCUT2D eigenvalue weighted by molar-refractivity contribution is -0.138. The smallest absolute Gasteiger partial charge is 0.315 e. The number of nitrogens with one attached hydrogen (secondary N) is 1. The van der Waals surface area contributed by atoms with E-state index in [1.807, 2.05) is 0 Å². The van der Waals surface area contributed by atoms with Gasteiger partial charge in [-0.25, -0.2) is 9.97 Å². The van der Waals surface area contributed by atoms with Crippen molar-refractivity contribution >= 4 is 0 Å². The molecular weight excluding hydrogens is 195 g/mol. The lowest BCUT2D eigenvalue weighted by atomic mass is 10.0. The molecule has 76 valence electrons. The van der Waals surface area contributed by atoms with Crippen molar-refractivity contribution in [1.29, 1.82) is 0 Å². The van der Waals surface area contributed by atoms with Crippen LogP contribution >= 0.6 is 0 Å². The topological polar surface area (TPSA) is 37.8 Å². The van der Waals surface area contributed by atoms with E-state index in [1.54, 1.807) is 0 Å². The highest BCUT2D eigenvalue weighted by Gasteiger charge is 2.32. The van der Waals surface area contributed by atoms with Gasteiger partial charge in [-0.1, -0.05) is 0 Å². The van der Waals surface area contributed by atoms with Gasteiger partial charge in [-0.05, 0) is 0 Å². The maximum atomic E-state index is 12.1. The van der Waals surface area contributed by atoms with Crippen molar-refractivity contribution in [3.63, 3.8) is 0 Å². The second kappa shape index (κ2) is 3.20. The number of rotatable bonds is 1. The van der Waals surface area contributed by atoms with Crippen molar-refractivity contribution in [2.45, 2.75) is 12.1 Å². The molecule has 0 amide bonds. The van der Waals surface area contributed by atoms with Crippen LogP contribution in [0.1, 0.15) is 17.3 Å². The molecule has 6 heteroatoms. The Bertz CT molecular complexity index is 316. The van der Waals surface area contributed by atoms with Gasteiger partial charge in [-0.15, -0.1) is 0 Å². The Kier molecular flexibility index (Phi) is 2.14. The summed E-state index contributed by atoms with van der Waals surface area (Å²) in [5.41, 5.74) is -0.798. The zero-order chi connectivity index (χ0) is 10.2. The van der Waals surface area contributed by atoms with Gasteiger partial charge in [0, 0.05) is 31.4 Å². The molecule has 0 spiro atoms. The van der Waals surface area contributed by atoms with Crippen LogP contribution < -0.4 is 5.32 Å². The summed E-state index contributed by atoms with van der Waals surface area (Å²) < 4.78 is 36.4. The van der Waals surface area contributed by atoms with Crippen LogP contribution in [0.4, 0.5) is 13.2 Å². The third kappa shape index (κ3) is 1.70. The maximum Gasteiger partial charge on any atom is 0.419 e. The summed E-state index contributed by atoms with van der Waals surface area (Å²) in [5.74, 6) is 0.647. The summed E-state index contributed by atoms with van der Waals surface area (Å²) in [5, 5.41) is 3.00. The first-order chi connectivity index (χ1) is 6.57. The quantitative estimate of drug-likeness (QED) is 0.744. The van der Waals surface area contributed by atoms with E-state index in [9.17, 15) is 13.2 Å². The largest absolute Gasteiger partial charge is 0.419 e. The average molecular weight is 203 g/mol. The monoisotopic (exact) mass is 203 g/mol. The van der Waals surface area contributed by atoms with Gasteiger partial charge in [0.1, 0.15) is 5.82 Å². The fourth-order valence-electron chi connectivity index (χ4n) is 1.17. The summed E-state index contributed by atoms with van der Waals surface area (Å²) in [6.07, 6.45) is -2.68. The third-order valence-electron chi connectivity index (χ3n) is 2.15. The second-order valence-electron chi connectivity index (χ2n) is 3.18. The number of aromatic nitrogens is 2. The van der Waals surface area contributed by atoms with E-state index in [0.717, 1.165) is 25.5 Å². The molecule has 0 aromatic carbocycles. The molecule has 0 atom stereocenters. The van der Waals surface area contributed by atoms with Crippen molar-refractivity contribution < 1.29 is 13.2 Å². The minimum atomic E-state index is -4.35. The summed E-state index contributed by atoms with van der Waals surface area (Å²) in [6, 6.07) is 0. The number of nitrogens with zero attached hydrogens (tertiary/aromatic N) is 2. The summed E-state index contributed by atoms with van der Waals surface area (Å²) in [7, 11) is 0. The van der Waals surface area contributed by atoms with Gasteiger partial charge in [0.05, 0.1) is 5.56 Å². The van der Waals surface area contributed by atoms with Crippen LogP contribution in [0.25, 0.3) is 0 Å². The van der Waals surface area contributed by atoms with E-state index in [2.05, 4.69) is 15.3 Å². The Morgan fingerprint density at radius 2 is 1.79 bits per heavy atom. The third-order valence-corrected chi connectivity index (χ3v) is 2.15. The number of alkyl halides is 3. The highest BCUT2D eigenvalue weighted by Crippen LogP contribution is 2.28.